The fraction of sp³-hybridized carbons (Fsp3) is 0.0714. The van der Waals surface area contributed by atoms with Crippen LogP contribution in [0, 0.1) is 0 Å². The van der Waals surface area contributed by atoms with Crippen molar-refractivity contribution in [3.05, 3.63) is 58.9 Å². The molecule has 2 N–H and O–H groups in total. The molecule has 0 aliphatic rings. The summed E-state index contributed by atoms with van der Waals surface area (Å²) < 4.78 is 5.74. The first kappa shape index (κ1) is 11.1. The zero-order valence-corrected chi connectivity index (χ0v) is 10.3. The van der Waals surface area contributed by atoms with Crippen LogP contribution in [-0.2, 0) is 6.42 Å². The average Bonchev–Trinajstić information content (AvgIpc) is 2.73. The van der Waals surface area contributed by atoms with Crippen LogP contribution in [0.15, 0.2) is 47.0 Å². The van der Waals surface area contributed by atoms with Gasteiger partial charge in [0.05, 0.1) is 0 Å². The maximum absolute atomic E-state index is 5.94. The predicted molar refractivity (Wildman–Crippen MR) is 72.7 cm³/mol. The van der Waals surface area contributed by atoms with E-state index >= 15 is 0 Å². The third kappa shape index (κ3) is 2.05. The first-order chi connectivity index (χ1) is 8.72. The fourth-order valence-corrected chi connectivity index (χ4v) is 2.12. The molecule has 1 aromatic carbocycles. The lowest BCUT2D eigenvalue weighted by Crippen LogP contribution is -1.97. The molecular formula is C14H11ClN2O. The lowest BCUT2D eigenvalue weighted by Gasteiger charge is -2.00. The molecule has 3 aromatic rings. The molecule has 0 bridgehead atoms. The minimum Gasteiger partial charge on any atom is -0.461 e. The van der Waals surface area contributed by atoms with Crippen LogP contribution in [0.3, 0.4) is 0 Å². The number of aromatic nitrogens is 1. The molecule has 4 heteroatoms. The summed E-state index contributed by atoms with van der Waals surface area (Å²) in [5, 5.41) is 1.70. The van der Waals surface area contributed by atoms with Crippen molar-refractivity contribution in [3.8, 4) is 0 Å². The average molecular weight is 259 g/mol. The third-order valence-electron chi connectivity index (χ3n) is 2.82. The predicted octanol–water partition coefficient (Wildman–Crippen LogP) is 3.65. The molecule has 0 radical (unpaired) electrons. The van der Waals surface area contributed by atoms with Gasteiger partial charge in [0.25, 0.3) is 0 Å². The maximum Gasteiger partial charge on any atom is 0.134 e. The Balaban J connectivity index is 1.98. The number of halogens is 1. The number of nitrogens with zero attached hydrogens (tertiary/aromatic N) is 1. The van der Waals surface area contributed by atoms with Crippen molar-refractivity contribution in [2.75, 3.05) is 5.73 Å². The largest absolute Gasteiger partial charge is 0.461 e. The van der Waals surface area contributed by atoms with Crippen molar-refractivity contribution < 1.29 is 4.42 Å². The van der Waals surface area contributed by atoms with Crippen LogP contribution >= 0.6 is 11.6 Å². The van der Waals surface area contributed by atoms with Crippen LogP contribution in [0.5, 0.6) is 0 Å². The molecule has 90 valence electrons. The number of anilines is 1. The second-order valence-corrected chi connectivity index (χ2v) is 4.56. The number of nitrogens with two attached hydrogens (primary N) is 1. The summed E-state index contributed by atoms with van der Waals surface area (Å²) in [5.41, 5.74) is 7.60. The Bertz CT molecular complexity index is 706. The number of fused-ring (bicyclic) bond motifs is 1. The third-order valence-corrected chi connectivity index (χ3v) is 3.06. The van der Waals surface area contributed by atoms with Gasteiger partial charge in [0.15, 0.2) is 0 Å². The van der Waals surface area contributed by atoms with Gasteiger partial charge in [0, 0.05) is 28.6 Å². The van der Waals surface area contributed by atoms with E-state index in [1.54, 1.807) is 6.20 Å². The fourth-order valence-electron chi connectivity index (χ4n) is 1.94. The monoisotopic (exact) mass is 258 g/mol. The molecule has 0 unspecified atom stereocenters. The van der Waals surface area contributed by atoms with Gasteiger partial charge in [-0.1, -0.05) is 17.7 Å². The van der Waals surface area contributed by atoms with E-state index in [4.69, 9.17) is 21.8 Å². The quantitative estimate of drug-likeness (QED) is 0.763. The molecule has 0 aliphatic carbocycles. The molecule has 0 spiro atoms. The Kier molecular flexibility index (Phi) is 2.68. The van der Waals surface area contributed by atoms with Crippen LogP contribution in [0.25, 0.3) is 11.0 Å². The van der Waals surface area contributed by atoms with E-state index in [1.165, 1.54) is 0 Å². The molecule has 2 aromatic heterocycles. The Morgan fingerprint density at radius 1 is 1.22 bits per heavy atom. The van der Waals surface area contributed by atoms with Gasteiger partial charge in [0.1, 0.15) is 17.2 Å². The van der Waals surface area contributed by atoms with Crippen molar-refractivity contribution in [2.24, 2.45) is 0 Å². The summed E-state index contributed by atoms with van der Waals surface area (Å²) in [6.45, 7) is 0. The zero-order valence-electron chi connectivity index (χ0n) is 9.56. The second kappa shape index (κ2) is 4.35. The number of hydrogen-bond donors (Lipinski definition) is 1. The molecule has 0 amide bonds. The lowest BCUT2D eigenvalue weighted by molar-refractivity contribution is 0.563. The number of nitrogen functional groups attached to an aromatic ring is 1. The number of benzene rings is 1. The Morgan fingerprint density at radius 2 is 2.11 bits per heavy atom. The number of pyridine rings is 1. The smallest absolute Gasteiger partial charge is 0.134 e. The van der Waals surface area contributed by atoms with Crippen molar-refractivity contribution in [2.45, 2.75) is 6.42 Å². The standard InChI is InChI=1S/C14H11ClN2O/c15-11-3-4-13-10(6-11)8-12(18-13)7-9-2-1-5-17-14(9)16/h1-6,8H,7H2,(H2,16,17). The molecule has 3 nitrogen and oxygen atoms in total. The molecule has 0 fully saturated rings. The van der Waals surface area contributed by atoms with E-state index in [2.05, 4.69) is 4.98 Å². The summed E-state index contributed by atoms with van der Waals surface area (Å²) in [5.74, 6) is 1.39. The van der Waals surface area contributed by atoms with E-state index < -0.39 is 0 Å². The van der Waals surface area contributed by atoms with Crippen LogP contribution in [0.4, 0.5) is 5.82 Å². The van der Waals surface area contributed by atoms with Crippen molar-refractivity contribution in [1.29, 1.82) is 0 Å². The summed E-state index contributed by atoms with van der Waals surface area (Å²) in [4.78, 5) is 4.06. The highest BCUT2D eigenvalue weighted by Gasteiger charge is 2.07. The summed E-state index contributed by atoms with van der Waals surface area (Å²) >= 11 is 5.94. The van der Waals surface area contributed by atoms with Gasteiger partial charge in [-0.15, -0.1) is 0 Å². The normalized spacial score (nSPS) is 10.9. The molecule has 0 aliphatic heterocycles. The van der Waals surface area contributed by atoms with E-state index in [1.807, 2.05) is 36.4 Å². The lowest BCUT2D eigenvalue weighted by atomic mass is 10.1. The number of hydrogen-bond acceptors (Lipinski definition) is 3. The van der Waals surface area contributed by atoms with Crippen LogP contribution in [-0.4, -0.2) is 4.98 Å². The van der Waals surface area contributed by atoms with Crippen LogP contribution < -0.4 is 5.73 Å². The van der Waals surface area contributed by atoms with Crippen molar-refractivity contribution in [3.63, 3.8) is 0 Å². The van der Waals surface area contributed by atoms with Gasteiger partial charge in [-0.25, -0.2) is 4.98 Å². The summed E-state index contributed by atoms with van der Waals surface area (Å²) in [6.07, 6.45) is 2.31. The van der Waals surface area contributed by atoms with Gasteiger partial charge in [-0.2, -0.15) is 0 Å². The minimum atomic E-state index is 0.538. The van der Waals surface area contributed by atoms with E-state index in [0.717, 1.165) is 22.3 Å². The summed E-state index contributed by atoms with van der Waals surface area (Å²) in [6, 6.07) is 11.4. The second-order valence-electron chi connectivity index (χ2n) is 4.12. The molecule has 0 saturated heterocycles. The zero-order chi connectivity index (χ0) is 12.5. The molecule has 3 rings (SSSR count). The van der Waals surface area contributed by atoms with Gasteiger partial charge < -0.3 is 10.2 Å². The highest BCUT2D eigenvalue weighted by atomic mass is 35.5. The number of furan rings is 1. The van der Waals surface area contributed by atoms with E-state index in [-0.39, 0.29) is 0 Å². The highest BCUT2D eigenvalue weighted by molar-refractivity contribution is 6.31. The molecule has 2 heterocycles. The molecule has 0 atom stereocenters. The molecule has 0 saturated carbocycles. The highest BCUT2D eigenvalue weighted by Crippen LogP contribution is 2.25. The van der Waals surface area contributed by atoms with Gasteiger partial charge in [-0.05, 0) is 30.3 Å². The van der Waals surface area contributed by atoms with E-state index in [0.29, 0.717) is 17.3 Å². The van der Waals surface area contributed by atoms with Gasteiger partial charge in [-0.3, -0.25) is 0 Å². The minimum absolute atomic E-state index is 0.538. The Labute approximate surface area is 109 Å². The molecule has 18 heavy (non-hydrogen) atoms. The topological polar surface area (TPSA) is 52.0 Å². The number of rotatable bonds is 2. The van der Waals surface area contributed by atoms with Gasteiger partial charge in [0.2, 0.25) is 0 Å². The first-order valence-electron chi connectivity index (χ1n) is 5.60. The summed E-state index contributed by atoms with van der Waals surface area (Å²) in [7, 11) is 0. The van der Waals surface area contributed by atoms with Crippen LogP contribution in [0.2, 0.25) is 5.02 Å². The SMILES string of the molecule is Nc1ncccc1Cc1cc2cc(Cl)ccc2o1. The van der Waals surface area contributed by atoms with Gasteiger partial charge >= 0.3 is 0 Å². The Morgan fingerprint density at radius 3 is 2.94 bits per heavy atom. The first-order valence-corrected chi connectivity index (χ1v) is 5.97. The maximum atomic E-state index is 5.94. The Hall–Kier alpha value is -2.00. The van der Waals surface area contributed by atoms with Crippen molar-refractivity contribution in [1.82, 2.24) is 4.98 Å². The van der Waals surface area contributed by atoms with E-state index in [9.17, 15) is 0 Å². The molecular weight excluding hydrogens is 248 g/mol. The van der Waals surface area contributed by atoms with Crippen molar-refractivity contribution >= 4 is 28.4 Å². The van der Waals surface area contributed by atoms with Crippen LogP contribution in [0.1, 0.15) is 11.3 Å².